The van der Waals surface area contributed by atoms with E-state index in [1.54, 1.807) is 4.57 Å². The molecule has 2 N–H and O–H groups in total. The second-order valence-electron chi connectivity index (χ2n) is 5.03. The topological polar surface area (TPSA) is 43.8 Å². The molecule has 3 nitrogen and oxygen atoms in total. The Labute approximate surface area is 104 Å². The first-order valence-corrected chi connectivity index (χ1v) is 6.20. The van der Waals surface area contributed by atoms with Crippen LogP contribution in [0.2, 0.25) is 0 Å². The molecule has 1 heterocycles. The number of nitrogens with zero attached hydrogens (tertiary/aromatic N) is 2. The Balaban J connectivity index is 2.18. The molecule has 0 spiro atoms. The van der Waals surface area contributed by atoms with Crippen LogP contribution in [0.15, 0.2) is 12.1 Å². The Hall–Kier alpha value is -1.65. The zero-order valence-electron chi connectivity index (χ0n) is 10.2. The smallest absolute Gasteiger partial charge is 0.201 e. The van der Waals surface area contributed by atoms with E-state index >= 15 is 0 Å². The summed E-state index contributed by atoms with van der Waals surface area (Å²) in [4.78, 5) is 4.01. The maximum absolute atomic E-state index is 13.6. The normalized spacial score (nSPS) is 17.9. The van der Waals surface area contributed by atoms with Gasteiger partial charge in [-0.15, -0.1) is 0 Å². The molecular weight excluding hydrogens is 236 g/mol. The van der Waals surface area contributed by atoms with Crippen LogP contribution in [0.1, 0.15) is 32.2 Å². The Bertz CT molecular complexity index is 602. The lowest BCUT2D eigenvalue weighted by atomic mass is 9.80. The monoisotopic (exact) mass is 251 g/mol. The fourth-order valence-corrected chi connectivity index (χ4v) is 2.70. The van der Waals surface area contributed by atoms with Gasteiger partial charge in [0.1, 0.15) is 11.3 Å². The average Bonchev–Trinajstić information content (AvgIpc) is 2.52. The lowest BCUT2D eigenvalue weighted by molar-refractivity contribution is 0.227. The molecule has 1 fully saturated rings. The number of anilines is 1. The molecule has 1 unspecified atom stereocenters. The summed E-state index contributed by atoms with van der Waals surface area (Å²) in [5.41, 5.74) is 6.45. The molecule has 18 heavy (non-hydrogen) atoms. The number of fused-ring (bicyclic) bond motifs is 1. The summed E-state index contributed by atoms with van der Waals surface area (Å²) < 4.78 is 28.7. The first-order chi connectivity index (χ1) is 8.58. The predicted molar refractivity (Wildman–Crippen MR) is 66.1 cm³/mol. The summed E-state index contributed by atoms with van der Waals surface area (Å²) in [6.45, 7) is 2.03. The van der Waals surface area contributed by atoms with Crippen LogP contribution in [0.4, 0.5) is 14.7 Å². The third kappa shape index (κ3) is 1.57. The Kier molecular flexibility index (Phi) is 2.50. The first-order valence-electron chi connectivity index (χ1n) is 6.20. The third-order valence-electron chi connectivity index (χ3n) is 3.98. The molecule has 1 saturated carbocycles. The van der Waals surface area contributed by atoms with E-state index in [0.717, 1.165) is 18.9 Å². The number of imidazole rings is 1. The summed E-state index contributed by atoms with van der Waals surface area (Å²) in [5.74, 6) is -0.469. The lowest BCUT2D eigenvalue weighted by Crippen LogP contribution is -2.23. The van der Waals surface area contributed by atoms with E-state index in [1.165, 1.54) is 12.5 Å². The molecular formula is C13H15F2N3. The van der Waals surface area contributed by atoms with Gasteiger partial charge in [-0.05, 0) is 25.7 Å². The molecule has 1 aliphatic rings. The van der Waals surface area contributed by atoms with Gasteiger partial charge < -0.3 is 10.3 Å². The molecule has 1 aliphatic carbocycles. The Morgan fingerprint density at radius 1 is 1.39 bits per heavy atom. The summed E-state index contributed by atoms with van der Waals surface area (Å²) in [5, 5.41) is 0. The largest absolute Gasteiger partial charge is 0.369 e. The van der Waals surface area contributed by atoms with Crippen LogP contribution >= 0.6 is 0 Å². The van der Waals surface area contributed by atoms with E-state index in [1.807, 2.05) is 6.92 Å². The van der Waals surface area contributed by atoms with Crippen molar-refractivity contribution >= 4 is 17.0 Å². The van der Waals surface area contributed by atoms with Crippen LogP contribution in [0.5, 0.6) is 0 Å². The number of hydrogen-bond donors (Lipinski definition) is 1. The quantitative estimate of drug-likeness (QED) is 0.890. The highest BCUT2D eigenvalue weighted by Gasteiger charge is 2.28. The van der Waals surface area contributed by atoms with Crippen LogP contribution in [0.3, 0.4) is 0 Å². The van der Waals surface area contributed by atoms with Crippen molar-refractivity contribution in [2.45, 2.75) is 32.2 Å². The lowest BCUT2D eigenvalue weighted by Gasteiger charge is -2.32. The Morgan fingerprint density at radius 3 is 2.72 bits per heavy atom. The number of hydrogen-bond acceptors (Lipinski definition) is 2. The summed E-state index contributed by atoms with van der Waals surface area (Å²) in [6.07, 6.45) is 3.49. The summed E-state index contributed by atoms with van der Waals surface area (Å²) >= 11 is 0. The molecule has 0 bridgehead atoms. The van der Waals surface area contributed by atoms with E-state index in [4.69, 9.17) is 5.73 Å². The zero-order valence-corrected chi connectivity index (χ0v) is 10.2. The Morgan fingerprint density at radius 2 is 2.11 bits per heavy atom. The predicted octanol–water partition coefficient (Wildman–Crippen LogP) is 3.26. The van der Waals surface area contributed by atoms with Crippen molar-refractivity contribution in [3.8, 4) is 0 Å². The van der Waals surface area contributed by atoms with E-state index in [0.29, 0.717) is 11.4 Å². The number of benzene rings is 1. The maximum Gasteiger partial charge on any atom is 0.201 e. The summed E-state index contributed by atoms with van der Waals surface area (Å²) in [7, 11) is 0. The molecule has 0 amide bonds. The van der Waals surface area contributed by atoms with Gasteiger partial charge in [-0.2, -0.15) is 0 Å². The SMILES string of the molecule is CC(C1CCC1)n1c(N)nc2c(F)cc(F)cc21. The third-order valence-corrected chi connectivity index (χ3v) is 3.98. The molecule has 0 aliphatic heterocycles. The second kappa shape index (κ2) is 3.93. The van der Waals surface area contributed by atoms with E-state index in [9.17, 15) is 8.78 Å². The molecule has 96 valence electrons. The molecule has 1 aromatic heterocycles. The maximum atomic E-state index is 13.6. The van der Waals surface area contributed by atoms with Crippen molar-refractivity contribution in [1.29, 1.82) is 0 Å². The van der Waals surface area contributed by atoms with E-state index in [2.05, 4.69) is 4.98 Å². The zero-order chi connectivity index (χ0) is 12.9. The molecule has 2 aromatic rings. The van der Waals surface area contributed by atoms with Gasteiger partial charge in [0.2, 0.25) is 5.95 Å². The summed E-state index contributed by atoms with van der Waals surface area (Å²) in [6, 6.07) is 2.27. The van der Waals surface area contributed by atoms with Crippen molar-refractivity contribution < 1.29 is 8.78 Å². The van der Waals surface area contributed by atoms with Crippen LogP contribution in [-0.4, -0.2) is 9.55 Å². The number of aromatic nitrogens is 2. The highest BCUT2D eigenvalue weighted by molar-refractivity contribution is 5.79. The number of nitrogen functional groups attached to an aromatic ring is 1. The molecule has 1 atom stereocenters. The minimum Gasteiger partial charge on any atom is -0.369 e. The molecule has 1 aromatic carbocycles. The highest BCUT2D eigenvalue weighted by atomic mass is 19.1. The number of nitrogens with two attached hydrogens (primary N) is 1. The van der Waals surface area contributed by atoms with Crippen molar-refractivity contribution in [2.24, 2.45) is 5.92 Å². The van der Waals surface area contributed by atoms with Crippen molar-refractivity contribution in [3.05, 3.63) is 23.8 Å². The van der Waals surface area contributed by atoms with E-state index < -0.39 is 11.6 Å². The minimum atomic E-state index is -0.656. The first kappa shape index (κ1) is 11.4. The average molecular weight is 251 g/mol. The van der Waals surface area contributed by atoms with Gasteiger partial charge in [0.05, 0.1) is 5.52 Å². The van der Waals surface area contributed by atoms with E-state index in [-0.39, 0.29) is 17.5 Å². The molecule has 0 saturated heterocycles. The van der Waals surface area contributed by atoms with Crippen LogP contribution in [-0.2, 0) is 0 Å². The fraction of sp³-hybridized carbons (Fsp3) is 0.462. The van der Waals surface area contributed by atoms with Crippen molar-refractivity contribution in [3.63, 3.8) is 0 Å². The van der Waals surface area contributed by atoms with Gasteiger partial charge >= 0.3 is 0 Å². The van der Waals surface area contributed by atoms with Gasteiger partial charge in [-0.25, -0.2) is 13.8 Å². The van der Waals surface area contributed by atoms with Gasteiger partial charge in [0, 0.05) is 18.2 Å². The van der Waals surface area contributed by atoms with Crippen LogP contribution < -0.4 is 5.73 Å². The van der Waals surface area contributed by atoms with Gasteiger partial charge in [0.25, 0.3) is 0 Å². The second-order valence-corrected chi connectivity index (χ2v) is 5.03. The molecule has 3 rings (SSSR count). The fourth-order valence-electron chi connectivity index (χ4n) is 2.70. The van der Waals surface area contributed by atoms with Crippen LogP contribution in [0.25, 0.3) is 11.0 Å². The van der Waals surface area contributed by atoms with Crippen molar-refractivity contribution in [2.75, 3.05) is 5.73 Å². The number of halogens is 2. The highest BCUT2D eigenvalue weighted by Crippen LogP contribution is 2.39. The minimum absolute atomic E-state index is 0.130. The molecule has 0 radical (unpaired) electrons. The number of rotatable bonds is 2. The molecule has 5 heteroatoms. The van der Waals surface area contributed by atoms with Crippen LogP contribution in [0, 0.1) is 17.6 Å². The standard InChI is InChI=1S/C13H15F2N3/c1-7(8-3-2-4-8)18-11-6-9(14)5-10(15)12(11)17-13(18)16/h5-8H,2-4H2,1H3,(H2,16,17). The van der Waals surface area contributed by atoms with Crippen molar-refractivity contribution in [1.82, 2.24) is 9.55 Å². The van der Waals surface area contributed by atoms with Gasteiger partial charge in [0.15, 0.2) is 5.82 Å². The van der Waals surface area contributed by atoms with Gasteiger partial charge in [-0.1, -0.05) is 6.42 Å². The van der Waals surface area contributed by atoms with Gasteiger partial charge in [-0.3, -0.25) is 0 Å².